The van der Waals surface area contributed by atoms with E-state index in [2.05, 4.69) is 25.3 Å². The molecule has 5 aliphatic carbocycles. The molecule has 4 heteroatoms. The van der Waals surface area contributed by atoms with Crippen molar-refractivity contribution in [2.24, 2.45) is 39.9 Å². The summed E-state index contributed by atoms with van der Waals surface area (Å²) in [5, 5.41) is 33.8. The van der Waals surface area contributed by atoms with E-state index in [4.69, 9.17) is 0 Å². The molecule has 26 heavy (non-hydrogen) atoms. The van der Waals surface area contributed by atoms with Crippen LogP contribution in [0.25, 0.3) is 0 Å². The Morgan fingerprint density at radius 3 is 2.69 bits per heavy atom. The molecular weight excluding hydrogens is 326 g/mol. The summed E-state index contributed by atoms with van der Waals surface area (Å²) in [6, 6.07) is 0.373. The summed E-state index contributed by atoms with van der Waals surface area (Å²) in [7, 11) is 0. The molecule has 0 amide bonds. The second-order valence-electron chi connectivity index (χ2n) is 10.9. The molecule has 6 rings (SSSR count). The quantitative estimate of drug-likeness (QED) is 0.625. The number of nitrogens with zero attached hydrogens (tertiary/aromatic N) is 1. The van der Waals surface area contributed by atoms with E-state index in [1.807, 2.05) is 0 Å². The van der Waals surface area contributed by atoms with Crippen LogP contribution in [0.1, 0.15) is 46.0 Å². The van der Waals surface area contributed by atoms with Gasteiger partial charge in [0, 0.05) is 29.3 Å². The maximum atomic E-state index is 11.5. The minimum atomic E-state index is -0.500. The van der Waals surface area contributed by atoms with E-state index in [1.54, 1.807) is 0 Å². The summed E-state index contributed by atoms with van der Waals surface area (Å²) in [6.45, 7) is 11.1. The van der Waals surface area contributed by atoms with Gasteiger partial charge in [-0.05, 0) is 67.4 Å². The van der Waals surface area contributed by atoms with Gasteiger partial charge in [-0.25, -0.2) is 0 Å². The zero-order valence-corrected chi connectivity index (χ0v) is 16.1. The molecule has 2 spiro atoms. The van der Waals surface area contributed by atoms with Gasteiger partial charge in [0.25, 0.3) is 0 Å². The van der Waals surface area contributed by atoms with Gasteiger partial charge in [-0.2, -0.15) is 0 Å². The Hall–Kier alpha value is -0.420. The molecule has 1 saturated heterocycles. The molecule has 11 atom stereocenters. The van der Waals surface area contributed by atoms with Gasteiger partial charge in [0.2, 0.25) is 0 Å². The summed E-state index contributed by atoms with van der Waals surface area (Å²) < 4.78 is 0. The lowest BCUT2D eigenvalue weighted by molar-refractivity contribution is -0.218. The van der Waals surface area contributed by atoms with Crippen molar-refractivity contribution >= 4 is 0 Å². The maximum absolute atomic E-state index is 11.5. The van der Waals surface area contributed by atoms with Gasteiger partial charge in [0.15, 0.2) is 0 Å². The highest BCUT2D eigenvalue weighted by Gasteiger charge is 2.85. The van der Waals surface area contributed by atoms with E-state index >= 15 is 0 Å². The van der Waals surface area contributed by atoms with Crippen LogP contribution in [0.5, 0.6) is 0 Å². The largest absolute Gasteiger partial charge is 0.392 e. The third kappa shape index (κ3) is 1.37. The first-order valence-corrected chi connectivity index (χ1v) is 10.8. The van der Waals surface area contributed by atoms with Crippen LogP contribution in [0.15, 0.2) is 12.2 Å². The molecule has 144 valence electrons. The average molecular weight is 360 g/mol. The molecular formula is C22H33NO3. The van der Waals surface area contributed by atoms with Crippen molar-refractivity contribution in [2.45, 2.75) is 70.3 Å². The Kier molecular flexibility index (Phi) is 2.92. The summed E-state index contributed by atoms with van der Waals surface area (Å²) >= 11 is 0. The maximum Gasteiger partial charge on any atom is 0.0813 e. The standard InChI is InChI=1S/C22H33NO3/c1-4-23-10-20(3)6-5-17(25)22-15(20)7-13(18(22)23)21-9-12(11(2)19(21)26)14(24)8-16(21)22/h12-19,24-26H,2,4-10H2,1,3H3/t12-,13?,14+,15+,16+,17-,18+,19+,20-,21-,22-/m0/s1. The number of aliphatic hydroxyl groups excluding tert-OH is 3. The Bertz CT molecular complexity index is 695. The lowest BCUT2D eigenvalue weighted by atomic mass is 9.43. The molecule has 6 fully saturated rings. The Labute approximate surface area is 156 Å². The van der Waals surface area contributed by atoms with Gasteiger partial charge in [-0.3, -0.25) is 4.90 Å². The van der Waals surface area contributed by atoms with Crippen molar-refractivity contribution in [3.05, 3.63) is 12.2 Å². The predicted molar refractivity (Wildman–Crippen MR) is 98.2 cm³/mol. The highest BCUT2D eigenvalue weighted by atomic mass is 16.3. The first-order chi connectivity index (χ1) is 12.3. The van der Waals surface area contributed by atoms with E-state index < -0.39 is 12.2 Å². The molecule has 5 saturated carbocycles. The topological polar surface area (TPSA) is 63.9 Å². The molecule has 0 aromatic rings. The fourth-order valence-corrected chi connectivity index (χ4v) is 9.97. The van der Waals surface area contributed by atoms with Crippen molar-refractivity contribution < 1.29 is 15.3 Å². The van der Waals surface area contributed by atoms with Crippen LogP contribution >= 0.6 is 0 Å². The number of aliphatic hydroxyl groups is 3. The molecule has 0 aromatic heterocycles. The molecule has 0 radical (unpaired) electrons. The lowest BCUT2D eigenvalue weighted by Gasteiger charge is -2.65. The van der Waals surface area contributed by atoms with Gasteiger partial charge in [-0.1, -0.05) is 20.4 Å². The van der Waals surface area contributed by atoms with E-state index in [1.165, 1.54) is 0 Å². The van der Waals surface area contributed by atoms with Gasteiger partial charge in [0.1, 0.15) is 0 Å². The van der Waals surface area contributed by atoms with Gasteiger partial charge in [-0.15, -0.1) is 0 Å². The monoisotopic (exact) mass is 359 g/mol. The van der Waals surface area contributed by atoms with Crippen LogP contribution in [0.2, 0.25) is 0 Å². The van der Waals surface area contributed by atoms with Crippen LogP contribution in [-0.4, -0.2) is 57.7 Å². The van der Waals surface area contributed by atoms with Crippen LogP contribution in [0.3, 0.4) is 0 Å². The zero-order chi connectivity index (χ0) is 18.2. The third-order valence-corrected chi connectivity index (χ3v) is 10.6. The minimum Gasteiger partial charge on any atom is -0.392 e. The predicted octanol–water partition coefficient (Wildman–Crippen LogP) is 1.79. The lowest BCUT2D eigenvalue weighted by Crippen LogP contribution is -2.68. The summed E-state index contributed by atoms with van der Waals surface area (Å²) in [5.41, 5.74) is 0.849. The fourth-order valence-electron chi connectivity index (χ4n) is 9.97. The number of fused-ring (bicyclic) bond motifs is 1. The molecule has 1 heterocycles. The number of rotatable bonds is 1. The summed E-state index contributed by atoms with van der Waals surface area (Å²) in [4.78, 5) is 2.65. The van der Waals surface area contributed by atoms with Crippen molar-refractivity contribution in [3.8, 4) is 0 Å². The molecule has 7 bridgehead atoms. The molecule has 1 aliphatic heterocycles. The van der Waals surface area contributed by atoms with Crippen molar-refractivity contribution in [3.63, 3.8) is 0 Å². The van der Waals surface area contributed by atoms with Crippen molar-refractivity contribution in [1.29, 1.82) is 0 Å². The first-order valence-electron chi connectivity index (χ1n) is 10.8. The normalized spacial score (nSPS) is 65.5. The van der Waals surface area contributed by atoms with Crippen LogP contribution in [-0.2, 0) is 0 Å². The second-order valence-corrected chi connectivity index (χ2v) is 10.9. The first kappa shape index (κ1) is 16.5. The molecule has 1 unspecified atom stereocenters. The van der Waals surface area contributed by atoms with Crippen LogP contribution < -0.4 is 0 Å². The van der Waals surface area contributed by atoms with E-state index in [0.717, 1.165) is 50.8 Å². The Morgan fingerprint density at radius 2 is 1.96 bits per heavy atom. The highest BCUT2D eigenvalue weighted by molar-refractivity contribution is 5.39. The number of hydrogen-bond acceptors (Lipinski definition) is 4. The van der Waals surface area contributed by atoms with E-state index in [-0.39, 0.29) is 34.2 Å². The Morgan fingerprint density at radius 1 is 1.19 bits per heavy atom. The second kappa shape index (κ2) is 4.59. The number of hydrogen-bond donors (Lipinski definition) is 3. The SMILES string of the molecule is C=C1[C@@H](O)[C@]23C[C@@H]1[C@H](O)C[C@H]2[C@]12[C@@H]4CC3[C@H]1N(CC)C[C@]4(C)CC[C@@H]2O. The smallest absolute Gasteiger partial charge is 0.0813 e. The average Bonchev–Trinajstić information content (AvgIpc) is 3.14. The summed E-state index contributed by atoms with van der Waals surface area (Å²) in [5.74, 6) is 1.26. The van der Waals surface area contributed by atoms with Crippen LogP contribution in [0, 0.1) is 39.9 Å². The van der Waals surface area contributed by atoms with Crippen molar-refractivity contribution in [1.82, 2.24) is 4.90 Å². The van der Waals surface area contributed by atoms with Gasteiger partial charge >= 0.3 is 0 Å². The van der Waals surface area contributed by atoms with Crippen molar-refractivity contribution in [2.75, 3.05) is 13.1 Å². The number of piperidine rings is 1. The van der Waals surface area contributed by atoms with Gasteiger partial charge < -0.3 is 15.3 Å². The molecule has 0 aromatic carbocycles. The third-order valence-electron chi connectivity index (χ3n) is 10.6. The highest BCUT2D eigenvalue weighted by Crippen LogP contribution is 2.83. The summed E-state index contributed by atoms with van der Waals surface area (Å²) in [6.07, 6.45) is 3.58. The van der Waals surface area contributed by atoms with Gasteiger partial charge in [0.05, 0.1) is 18.3 Å². The van der Waals surface area contributed by atoms with Crippen LogP contribution in [0.4, 0.5) is 0 Å². The fraction of sp³-hybridized carbons (Fsp3) is 0.909. The molecule has 6 aliphatic rings. The molecule has 4 nitrogen and oxygen atoms in total. The molecule has 3 N–H and O–H groups in total. The van der Waals surface area contributed by atoms with E-state index in [9.17, 15) is 15.3 Å². The number of likely N-dealkylation sites (tertiary alicyclic amines) is 1. The Balaban J connectivity index is 1.61. The zero-order valence-electron chi connectivity index (χ0n) is 16.1. The van der Waals surface area contributed by atoms with E-state index in [0.29, 0.717) is 17.9 Å². The minimum absolute atomic E-state index is 0.0547.